The maximum Gasteiger partial charge on any atom is 0.269 e. The minimum absolute atomic E-state index is 0.293. The Labute approximate surface area is 170 Å². The van der Waals surface area contributed by atoms with Crippen LogP contribution in [0.2, 0.25) is 0 Å². The normalized spacial score (nSPS) is 14.3. The van der Waals surface area contributed by atoms with Crippen molar-refractivity contribution in [1.29, 1.82) is 0 Å². The van der Waals surface area contributed by atoms with Crippen LogP contribution in [0.25, 0.3) is 16.1 Å². The average Bonchev–Trinajstić information content (AvgIpc) is 3.28. The number of aromatic nitrogens is 3. The van der Waals surface area contributed by atoms with Crippen LogP contribution in [0.4, 0.5) is 5.82 Å². The van der Waals surface area contributed by atoms with Crippen LogP contribution in [-0.4, -0.2) is 22.1 Å². The first-order valence-corrected chi connectivity index (χ1v) is 9.96. The van der Waals surface area contributed by atoms with Crippen LogP contribution in [-0.2, 0) is 6.61 Å². The van der Waals surface area contributed by atoms with Crippen LogP contribution in [0.15, 0.2) is 42.6 Å². The Kier molecular flexibility index (Phi) is 5.76. The van der Waals surface area contributed by atoms with E-state index in [2.05, 4.69) is 19.8 Å². The summed E-state index contributed by atoms with van der Waals surface area (Å²) in [6.45, 7) is 7.35. The monoisotopic (exact) mass is 388 g/mol. The predicted molar refractivity (Wildman–Crippen MR) is 111 cm³/mol. The van der Waals surface area contributed by atoms with Crippen molar-refractivity contribution >= 4 is 5.82 Å². The van der Waals surface area contributed by atoms with Crippen molar-refractivity contribution in [3.05, 3.63) is 65.5 Å². The number of imidazole rings is 1. The highest BCUT2D eigenvalue weighted by Gasteiger charge is 2.19. The predicted octanol–water partition coefficient (Wildman–Crippen LogP) is 5.66. The van der Waals surface area contributed by atoms with Crippen LogP contribution in [0.1, 0.15) is 49.5 Å². The van der Waals surface area contributed by atoms with Gasteiger partial charge in [0.05, 0.1) is 19.0 Å². The van der Waals surface area contributed by atoms with Crippen molar-refractivity contribution in [3.63, 3.8) is 0 Å². The van der Waals surface area contributed by atoms with Gasteiger partial charge in [-0.1, -0.05) is 31.9 Å². The summed E-state index contributed by atoms with van der Waals surface area (Å²) in [4.78, 5) is 15.7. The van der Waals surface area contributed by atoms with Gasteiger partial charge in [-0.2, -0.15) is 0 Å². The van der Waals surface area contributed by atoms with E-state index in [0.717, 1.165) is 22.8 Å². The third-order valence-electron chi connectivity index (χ3n) is 5.34. The maximum atomic E-state index is 7.06. The fraction of sp³-hybridized carbons (Fsp3) is 0.348. The van der Waals surface area contributed by atoms with Crippen molar-refractivity contribution in [2.24, 2.45) is 0 Å². The van der Waals surface area contributed by atoms with Crippen molar-refractivity contribution in [2.45, 2.75) is 44.6 Å². The van der Waals surface area contributed by atoms with Crippen molar-refractivity contribution in [3.8, 4) is 22.8 Å². The smallest absolute Gasteiger partial charge is 0.269 e. The Morgan fingerprint density at radius 3 is 2.83 bits per heavy atom. The number of rotatable bonds is 6. The van der Waals surface area contributed by atoms with Gasteiger partial charge in [0.2, 0.25) is 0 Å². The molecule has 1 aliphatic carbocycles. The Hall–Kier alpha value is -3.33. The lowest BCUT2D eigenvalue weighted by molar-refractivity contribution is 0.299. The van der Waals surface area contributed by atoms with Gasteiger partial charge in [0.1, 0.15) is 17.3 Å². The number of benzene rings is 1. The molecule has 0 unspecified atom stereocenters. The number of nitrogens with one attached hydrogen (secondary N) is 1. The van der Waals surface area contributed by atoms with Crippen LogP contribution >= 0.6 is 0 Å². The molecule has 148 valence electrons. The lowest BCUT2D eigenvalue weighted by atomic mass is 9.89. The van der Waals surface area contributed by atoms with E-state index < -0.39 is 0 Å². The van der Waals surface area contributed by atoms with Crippen molar-refractivity contribution in [2.75, 3.05) is 7.11 Å². The van der Waals surface area contributed by atoms with Gasteiger partial charge in [0.25, 0.3) is 5.82 Å². The van der Waals surface area contributed by atoms with Crippen LogP contribution < -0.4 is 9.47 Å². The summed E-state index contributed by atoms with van der Waals surface area (Å²) in [5, 5.41) is 0. The van der Waals surface area contributed by atoms with Crippen LogP contribution in [0.5, 0.6) is 11.5 Å². The zero-order valence-corrected chi connectivity index (χ0v) is 16.5. The van der Waals surface area contributed by atoms with Gasteiger partial charge in [0, 0.05) is 17.5 Å². The zero-order chi connectivity index (χ0) is 20.1. The van der Waals surface area contributed by atoms with E-state index in [1.165, 1.54) is 32.1 Å². The highest BCUT2D eigenvalue weighted by Crippen LogP contribution is 2.35. The molecular formula is C23H24N4O2. The Morgan fingerprint density at radius 1 is 1.17 bits per heavy atom. The second kappa shape index (κ2) is 8.78. The topological polar surface area (TPSA) is 64.4 Å². The molecule has 1 fully saturated rings. The average molecular weight is 388 g/mol. The number of H-pyrrole nitrogens is 1. The second-order valence-electron chi connectivity index (χ2n) is 7.27. The van der Waals surface area contributed by atoms with Gasteiger partial charge in [-0.25, -0.2) is 4.98 Å². The molecule has 0 spiro atoms. The number of ether oxygens (including phenoxy) is 2. The molecule has 2 aromatic heterocycles. The molecule has 29 heavy (non-hydrogen) atoms. The van der Waals surface area contributed by atoms with E-state index in [1.54, 1.807) is 13.2 Å². The largest absolute Gasteiger partial charge is 0.496 e. The number of nitrogens with zero attached hydrogens (tertiary/aromatic N) is 3. The minimum Gasteiger partial charge on any atom is -0.496 e. The summed E-state index contributed by atoms with van der Waals surface area (Å²) >= 11 is 0. The molecule has 0 radical (unpaired) electrons. The molecule has 0 saturated heterocycles. The third-order valence-corrected chi connectivity index (χ3v) is 5.34. The fourth-order valence-corrected chi connectivity index (χ4v) is 3.81. The number of hydrogen-bond donors (Lipinski definition) is 1. The Bertz CT molecular complexity index is 1020. The summed E-state index contributed by atoms with van der Waals surface area (Å²) in [6.07, 6.45) is 8.20. The van der Waals surface area contributed by atoms with Crippen molar-refractivity contribution in [1.82, 2.24) is 15.0 Å². The van der Waals surface area contributed by atoms with Gasteiger partial charge in [0.15, 0.2) is 12.3 Å². The molecule has 3 aromatic rings. The lowest BCUT2D eigenvalue weighted by Crippen LogP contribution is -2.06. The molecule has 0 bridgehead atoms. The quantitative estimate of drug-likeness (QED) is 0.554. The maximum absolute atomic E-state index is 7.06. The molecular weight excluding hydrogens is 364 g/mol. The second-order valence-corrected chi connectivity index (χ2v) is 7.27. The zero-order valence-electron chi connectivity index (χ0n) is 16.5. The van der Waals surface area contributed by atoms with Crippen LogP contribution in [0, 0.1) is 6.57 Å². The van der Waals surface area contributed by atoms with Gasteiger partial charge in [-0.3, -0.25) is 0 Å². The number of hydrogen-bond acceptors (Lipinski definition) is 4. The Balaban J connectivity index is 1.49. The molecule has 1 aliphatic rings. The van der Waals surface area contributed by atoms with E-state index in [-0.39, 0.29) is 0 Å². The van der Waals surface area contributed by atoms with Gasteiger partial charge < -0.3 is 19.3 Å². The first-order chi connectivity index (χ1) is 14.3. The van der Waals surface area contributed by atoms with Gasteiger partial charge in [-0.15, -0.1) is 4.98 Å². The fourth-order valence-electron chi connectivity index (χ4n) is 3.81. The van der Waals surface area contributed by atoms with Gasteiger partial charge in [-0.05, 0) is 37.1 Å². The van der Waals surface area contributed by atoms with E-state index in [1.807, 2.05) is 36.5 Å². The summed E-state index contributed by atoms with van der Waals surface area (Å²) < 4.78 is 11.5. The highest BCUT2D eigenvalue weighted by atomic mass is 16.5. The first-order valence-electron chi connectivity index (χ1n) is 9.96. The number of aromatic amines is 1. The highest BCUT2D eigenvalue weighted by molar-refractivity contribution is 5.68. The molecule has 1 N–H and O–H groups in total. The van der Waals surface area contributed by atoms with E-state index in [4.69, 9.17) is 16.0 Å². The number of pyridine rings is 1. The molecule has 1 saturated carbocycles. The summed E-state index contributed by atoms with van der Waals surface area (Å²) in [7, 11) is 1.65. The third kappa shape index (κ3) is 4.40. The summed E-state index contributed by atoms with van der Waals surface area (Å²) in [5.41, 5.74) is 2.63. The molecule has 6 heteroatoms. The molecule has 0 aliphatic heterocycles. The summed E-state index contributed by atoms with van der Waals surface area (Å²) in [5.74, 6) is 3.39. The van der Waals surface area contributed by atoms with Crippen molar-refractivity contribution < 1.29 is 9.47 Å². The minimum atomic E-state index is 0.293. The molecule has 2 heterocycles. The van der Waals surface area contributed by atoms with E-state index >= 15 is 0 Å². The molecule has 0 atom stereocenters. The SMILES string of the molecule is [C-]#[N+]c1cccc(COc2ccc(-c3cnc(C4CCCCC4)[nH]3)c(OC)c2)n1. The number of methoxy groups -OCH3 is 1. The summed E-state index contributed by atoms with van der Waals surface area (Å²) in [6, 6.07) is 11.1. The molecule has 6 nitrogen and oxygen atoms in total. The lowest BCUT2D eigenvalue weighted by Gasteiger charge is -2.19. The molecule has 1 aromatic carbocycles. The van der Waals surface area contributed by atoms with E-state index in [0.29, 0.717) is 29.8 Å². The molecule has 4 rings (SSSR count). The van der Waals surface area contributed by atoms with Crippen LogP contribution in [0.3, 0.4) is 0 Å². The first kappa shape index (κ1) is 19.0. The Morgan fingerprint density at radius 2 is 2.03 bits per heavy atom. The van der Waals surface area contributed by atoms with E-state index in [9.17, 15) is 0 Å². The molecule has 0 amide bonds. The standard InChI is InChI=1S/C23H24N4O2/c1-24-22-10-6-9-17(26-22)15-29-18-11-12-19(21(13-18)28-2)20-14-25-23(27-20)16-7-4-3-5-8-16/h6,9-14,16H,3-5,7-8,15H2,2H3,(H,25,27). The van der Waals surface area contributed by atoms with Gasteiger partial charge >= 0.3 is 0 Å².